The monoisotopic (exact) mass is 478 g/mol. The van der Waals surface area contributed by atoms with Gasteiger partial charge in [0.2, 0.25) is 5.91 Å². The number of nitrogens with two attached hydrogens (primary N) is 1. The predicted molar refractivity (Wildman–Crippen MR) is 135 cm³/mol. The van der Waals surface area contributed by atoms with Crippen molar-refractivity contribution in [3.8, 4) is 0 Å². The Morgan fingerprint density at radius 1 is 1.18 bits per heavy atom. The van der Waals surface area contributed by atoms with Crippen LogP contribution in [0.1, 0.15) is 75.2 Å². The van der Waals surface area contributed by atoms with Gasteiger partial charge < -0.3 is 16.4 Å². The fourth-order valence-electron chi connectivity index (χ4n) is 4.43. The second kappa shape index (κ2) is 11.2. The molecule has 2 rings (SSSR count). The molecule has 9 heteroatoms. The highest BCUT2D eigenvalue weighted by molar-refractivity contribution is 6.03. The lowest BCUT2D eigenvalue weighted by molar-refractivity contribution is -0.214. The van der Waals surface area contributed by atoms with E-state index in [9.17, 15) is 9.59 Å². The number of amides is 2. The first-order chi connectivity index (χ1) is 15.7. The van der Waals surface area contributed by atoms with Crippen LogP contribution in [0.2, 0.25) is 0 Å². The molecule has 0 spiro atoms. The Morgan fingerprint density at radius 3 is 2.21 bits per heavy atom. The highest BCUT2D eigenvalue weighted by Crippen LogP contribution is 2.52. The number of rotatable bonds is 8. The number of allylic oxidation sites excluding steroid dienone is 1. The normalized spacial score (nSPS) is 23.7. The van der Waals surface area contributed by atoms with Crippen LogP contribution in [0.3, 0.4) is 0 Å². The molecule has 3 atom stereocenters. The maximum Gasteiger partial charge on any atom is 0.254 e. The maximum atomic E-state index is 13.7. The number of hydrogen-bond acceptors (Lipinski definition) is 6. The van der Waals surface area contributed by atoms with E-state index in [-0.39, 0.29) is 29.2 Å². The Morgan fingerprint density at radius 2 is 1.76 bits per heavy atom. The number of carbonyl (C=O) groups is 2. The Hall–Kier alpha value is -1.97. The summed E-state index contributed by atoms with van der Waals surface area (Å²) in [4.78, 5) is 38.0. The summed E-state index contributed by atoms with van der Waals surface area (Å²) < 4.78 is 0. The fraction of sp³-hybridized carbons (Fsp3) is 0.800. The molecule has 3 unspecified atom stereocenters. The molecule has 1 aliphatic carbocycles. The van der Waals surface area contributed by atoms with Gasteiger partial charge in [0.05, 0.1) is 17.5 Å². The summed E-state index contributed by atoms with van der Waals surface area (Å²) in [7, 11) is 0. The highest BCUT2D eigenvalue weighted by atomic mass is 16.7. The molecule has 0 aromatic rings. The van der Waals surface area contributed by atoms with E-state index < -0.39 is 11.5 Å². The average molecular weight is 479 g/mol. The van der Waals surface area contributed by atoms with Crippen molar-refractivity contribution in [2.24, 2.45) is 28.0 Å². The molecule has 4 N–H and O–H groups in total. The third-order valence-electron chi connectivity index (χ3n) is 6.28. The molecule has 2 amide bonds. The van der Waals surface area contributed by atoms with Crippen molar-refractivity contribution >= 4 is 17.6 Å². The predicted octanol–water partition coefficient (Wildman–Crippen LogP) is 2.59. The van der Waals surface area contributed by atoms with Crippen LogP contribution < -0.4 is 16.4 Å². The molecule has 1 saturated carbocycles. The zero-order valence-corrected chi connectivity index (χ0v) is 22.6. The lowest BCUT2D eigenvalue weighted by atomic mass is 9.89. The zero-order valence-electron chi connectivity index (χ0n) is 22.6. The highest BCUT2D eigenvalue weighted by Gasteiger charge is 2.52. The van der Waals surface area contributed by atoms with Crippen LogP contribution in [0.25, 0.3) is 0 Å². The van der Waals surface area contributed by atoms with E-state index in [4.69, 9.17) is 10.6 Å². The van der Waals surface area contributed by atoms with Gasteiger partial charge in [-0.15, -0.1) is 0 Å². The first-order valence-electron chi connectivity index (χ1n) is 12.5. The van der Waals surface area contributed by atoms with E-state index in [0.29, 0.717) is 17.3 Å². The molecule has 1 saturated heterocycles. The molecular formula is C25H46N6O3. The topological polar surface area (TPSA) is 112 Å². The summed E-state index contributed by atoms with van der Waals surface area (Å²) in [5, 5.41) is 8.24. The molecular weight excluding hydrogens is 432 g/mol. The lowest BCUT2D eigenvalue weighted by Gasteiger charge is -2.37. The molecule has 9 nitrogen and oxygen atoms in total. The molecule has 1 aliphatic heterocycles. The van der Waals surface area contributed by atoms with Crippen molar-refractivity contribution < 1.29 is 14.4 Å². The van der Waals surface area contributed by atoms with Gasteiger partial charge in [0, 0.05) is 39.0 Å². The minimum Gasteiger partial charge on any atom is -0.382 e. The summed E-state index contributed by atoms with van der Waals surface area (Å²) in [6.07, 6.45) is 1.62. The maximum absolute atomic E-state index is 13.7. The van der Waals surface area contributed by atoms with Gasteiger partial charge in [0.1, 0.15) is 5.70 Å². The number of nitrogens with zero attached hydrogens (tertiary/aromatic N) is 3. The van der Waals surface area contributed by atoms with Crippen LogP contribution in [-0.2, 0) is 14.4 Å². The Balaban J connectivity index is 2.48. The Labute approximate surface area is 205 Å². The lowest BCUT2D eigenvalue weighted by Crippen LogP contribution is -2.54. The number of aliphatic imine (C=N–C) groups is 1. The van der Waals surface area contributed by atoms with Crippen LogP contribution in [0.15, 0.2) is 16.4 Å². The van der Waals surface area contributed by atoms with Gasteiger partial charge in [-0.1, -0.05) is 27.7 Å². The number of amidine groups is 1. The van der Waals surface area contributed by atoms with Crippen LogP contribution in [0, 0.1) is 17.3 Å². The van der Waals surface area contributed by atoms with Crippen molar-refractivity contribution in [1.29, 1.82) is 0 Å². The van der Waals surface area contributed by atoms with E-state index >= 15 is 0 Å². The van der Waals surface area contributed by atoms with Gasteiger partial charge in [-0.2, -0.15) is 10.1 Å². The quantitative estimate of drug-likeness (QED) is 0.279. The molecule has 1 heterocycles. The van der Waals surface area contributed by atoms with Gasteiger partial charge in [-0.05, 0) is 51.9 Å². The van der Waals surface area contributed by atoms with Crippen LogP contribution in [0.5, 0.6) is 0 Å². The average Bonchev–Trinajstić information content (AvgIpc) is 3.53. The molecule has 2 fully saturated rings. The minimum absolute atomic E-state index is 0.0254. The smallest absolute Gasteiger partial charge is 0.254 e. The van der Waals surface area contributed by atoms with E-state index in [1.54, 1.807) is 6.92 Å². The standard InChI is InChI=1S/C25H46N6O3/c1-10-20(30-13-11-27-12-14-30)29-21(22(26)28-17(3)32)16(2)31(34-25(7,8)9)23(33)18-15-19(18)24(4,5)6/h18-20,27,29H,10-15H2,1-9H3,(H2,26,28,32)/b21-16+. The van der Waals surface area contributed by atoms with Crippen molar-refractivity contribution in [2.45, 2.75) is 86.9 Å². The van der Waals surface area contributed by atoms with E-state index in [1.807, 2.05) is 20.8 Å². The van der Waals surface area contributed by atoms with Crippen molar-refractivity contribution in [2.75, 3.05) is 26.2 Å². The second-order valence-corrected chi connectivity index (χ2v) is 11.5. The number of hydrogen-bond donors (Lipinski definition) is 3. The van der Waals surface area contributed by atoms with Gasteiger partial charge in [-0.3, -0.25) is 19.3 Å². The Bertz CT molecular complexity index is 802. The fourth-order valence-corrected chi connectivity index (χ4v) is 4.43. The zero-order chi connectivity index (χ0) is 25.8. The number of nitrogens with one attached hydrogen (secondary N) is 2. The van der Waals surface area contributed by atoms with Crippen molar-refractivity contribution in [3.05, 3.63) is 11.4 Å². The van der Waals surface area contributed by atoms with Crippen LogP contribution in [-0.4, -0.2) is 65.6 Å². The molecule has 2 aliphatic rings. The second-order valence-electron chi connectivity index (χ2n) is 11.5. The van der Waals surface area contributed by atoms with Crippen LogP contribution >= 0.6 is 0 Å². The van der Waals surface area contributed by atoms with E-state index in [1.165, 1.54) is 12.0 Å². The minimum atomic E-state index is -0.608. The summed E-state index contributed by atoms with van der Waals surface area (Å²) in [6, 6.07) is 0. The summed E-state index contributed by atoms with van der Waals surface area (Å²) in [5.74, 6) is -0.249. The molecule has 0 bridgehead atoms. The molecule has 0 radical (unpaired) electrons. The molecule has 34 heavy (non-hydrogen) atoms. The third-order valence-corrected chi connectivity index (χ3v) is 6.28. The summed E-state index contributed by atoms with van der Waals surface area (Å²) >= 11 is 0. The van der Waals surface area contributed by atoms with E-state index in [2.05, 4.69) is 48.2 Å². The third kappa shape index (κ3) is 7.78. The first-order valence-corrected chi connectivity index (χ1v) is 12.5. The molecule has 194 valence electrons. The van der Waals surface area contributed by atoms with E-state index in [0.717, 1.165) is 39.0 Å². The number of hydroxylamine groups is 2. The summed E-state index contributed by atoms with van der Waals surface area (Å²) in [6.45, 7) is 21.0. The van der Waals surface area contributed by atoms with Gasteiger partial charge >= 0.3 is 0 Å². The number of piperazine rings is 1. The van der Waals surface area contributed by atoms with Gasteiger partial charge in [0.25, 0.3) is 5.91 Å². The molecule has 0 aromatic carbocycles. The molecule has 0 aromatic heterocycles. The summed E-state index contributed by atoms with van der Waals surface area (Å²) in [5.41, 5.74) is 6.72. The largest absolute Gasteiger partial charge is 0.382 e. The SMILES string of the molecule is CCC(N/C(C(N)=NC(C)=O)=C(\C)N(OC(C)(C)C)C(=O)C1CC1C(C)(C)C)N1CCNCC1. The Kier molecular flexibility index (Phi) is 9.30. The van der Waals surface area contributed by atoms with Crippen molar-refractivity contribution in [1.82, 2.24) is 20.6 Å². The van der Waals surface area contributed by atoms with Crippen molar-refractivity contribution in [3.63, 3.8) is 0 Å². The van der Waals surface area contributed by atoms with Gasteiger partial charge in [-0.25, -0.2) is 0 Å². The van der Waals surface area contributed by atoms with Crippen LogP contribution in [0.4, 0.5) is 0 Å². The first kappa shape index (κ1) is 28.3. The number of carbonyl (C=O) groups excluding carboxylic acids is 2. The van der Waals surface area contributed by atoms with Gasteiger partial charge in [0.15, 0.2) is 5.84 Å².